The average Bonchev–Trinajstić information content (AvgIpc) is 2.67. The van der Waals surface area contributed by atoms with Crippen LogP contribution in [0.15, 0.2) is 30.3 Å². The molecule has 0 aliphatic carbocycles. The molecule has 0 spiro atoms. The Bertz CT molecular complexity index is 653. The Balaban J connectivity index is 0.000000612. The number of carboxylic acids is 2. The van der Waals surface area contributed by atoms with E-state index in [0.717, 1.165) is 31.7 Å². The van der Waals surface area contributed by atoms with Crippen LogP contribution in [0.25, 0.3) is 0 Å². The number of ether oxygens (including phenoxy) is 1. The molecule has 0 bridgehead atoms. The van der Waals surface area contributed by atoms with Crippen LogP contribution >= 0.6 is 0 Å². The molecule has 1 aromatic carbocycles. The smallest absolute Gasteiger partial charge is 0.254 e. The van der Waals surface area contributed by atoms with Gasteiger partial charge in [-0.05, 0) is 32.9 Å². The van der Waals surface area contributed by atoms with E-state index < -0.39 is 18.0 Å². The second kappa shape index (κ2) is 11.5. The molecular weight excluding hydrogens is 380 g/mol. The van der Waals surface area contributed by atoms with Crippen LogP contribution in [0.2, 0.25) is 0 Å². The van der Waals surface area contributed by atoms with Crippen molar-refractivity contribution >= 4 is 17.8 Å². The zero-order valence-electron chi connectivity index (χ0n) is 17.1. The number of nitrogens with zero attached hydrogens (tertiary/aromatic N) is 1. The summed E-state index contributed by atoms with van der Waals surface area (Å²) in [7, 11) is 0. The zero-order chi connectivity index (χ0) is 22.0. The Morgan fingerprint density at radius 3 is 2.07 bits per heavy atom. The summed E-state index contributed by atoms with van der Waals surface area (Å²) < 4.78 is 5.62. The van der Waals surface area contributed by atoms with Crippen LogP contribution in [0.4, 0.5) is 0 Å². The van der Waals surface area contributed by atoms with E-state index >= 15 is 0 Å². The number of piperazine rings is 1. The Morgan fingerprint density at radius 2 is 1.62 bits per heavy atom. The van der Waals surface area contributed by atoms with Gasteiger partial charge in [-0.15, -0.1) is 0 Å². The summed E-state index contributed by atoms with van der Waals surface area (Å²) in [6, 6.07) is 9.41. The van der Waals surface area contributed by atoms with Gasteiger partial charge in [0.25, 0.3) is 5.91 Å². The molecule has 2 N–H and O–H groups in total. The zero-order valence-corrected chi connectivity index (χ0v) is 17.1. The number of benzene rings is 1. The number of rotatable bonds is 5. The molecule has 162 valence electrons. The van der Waals surface area contributed by atoms with E-state index in [1.54, 1.807) is 0 Å². The van der Waals surface area contributed by atoms with Gasteiger partial charge in [0.1, 0.15) is 12.6 Å². The third-order valence-corrected chi connectivity index (χ3v) is 4.18. The van der Waals surface area contributed by atoms with Crippen molar-refractivity contribution in [1.29, 1.82) is 0 Å². The number of carboxylic acid groups (broad SMARTS) is 2. The van der Waals surface area contributed by atoms with Crippen molar-refractivity contribution in [2.75, 3.05) is 39.3 Å². The maximum absolute atomic E-state index is 12.4. The molecule has 2 rings (SSSR count). The van der Waals surface area contributed by atoms with Gasteiger partial charge in [0.05, 0.1) is 50.3 Å². The molecule has 1 aliphatic rings. The first kappa shape index (κ1) is 24.5. The van der Waals surface area contributed by atoms with Crippen molar-refractivity contribution in [2.24, 2.45) is 0 Å². The van der Waals surface area contributed by atoms with Gasteiger partial charge in [-0.25, -0.2) is 0 Å². The Morgan fingerprint density at radius 1 is 1.10 bits per heavy atom. The van der Waals surface area contributed by atoms with Gasteiger partial charge in [0, 0.05) is 5.56 Å². The highest BCUT2D eigenvalue weighted by Crippen LogP contribution is 2.07. The van der Waals surface area contributed by atoms with E-state index in [4.69, 9.17) is 24.5 Å². The monoisotopic (exact) mass is 409 g/mol. The summed E-state index contributed by atoms with van der Waals surface area (Å²) in [6.07, 6.45) is -0.458. The number of hydrogen-bond acceptors (Lipinski definition) is 7. The van der Waals surface area contributed by atoms with Crippen LogP contribution in [0.5, 0.6) is 0 Å². The summed E-state index contributed by atoms with van der Waals surface area (Å²) in [5.41, 5.74) is 0.520. The van der Waals surface area contributed by atoms with E-state index in [0.29, 0.717) is 13.2 Å². The SMILES string of the molecule is CC(C)(C)OCC(O)C[NH+]1CCN(C(=O)c2ccccc2)CC1.O=C([O-])C(=O)[O-]. The number of aliphatic hydroxyl groups excluding tert-OH is 1. The summed E-state index contributed by atoms with van der Waals surface area (Å²) >= 11 is 0. The highest BCUT2D eigenvalue weighted by molar-refractivity contribution is 6.25. The number of carbonyl (C=O) groups is 3. The Kier molecular flexibility index (Phi) is 9.73. The molecule has 9 heteroatoms. The van der Waals surface area contributed by atoms with Crippen molar-refractivity contribution in [1.82, 2.24) is 4.90 Å². The normalized spacial score (nSPS) is 15.8. The van der Waals surface area contributed by atoms with Crippen LogP contribution in [-0.2, 0) is 14.3 Å². The third kappa shape index (κ3) is 10.0. The largest absolute Gasteiger partial charge is 0.543 e. The molecule has 0 aromatic heterocycles. The van der Waals surface area contributed by atoms with Crippen molar-refractivity contribution in [3.05, 3.63) is 35.9 Å². The molecular formula is C20H29N2O7-. The van der Waals surface area contributed by atoms with E-state index in [9.17, 15) is 9.90 Å². The molecule has 0 saturated carbocycles. The Hall–Kier alpha value is -2.49. The molecule has 9 nitrogen and oxygen atoms in total. The molecule has 1 amide bonds. The fourth-order valence-electron chi connectivity index (χ4n) is 2.73. The number of quaternary nitrogens is 1. The summed E-state index contributed by atoms with van der Waals surface area (Å²) in [4.78, 5) is 33.5. The molecule has 1 aliphatic heterocycles. The minimum Gasteiger partial charge on any atom is -0.543 e. The lowest BCUT2D eigenvalue weighted by molar-refractivity contribution is -0.907. The first-order valence-electron chi connectivity index (χ1n) is 9.42. The second-order valence-corrected chi connectivity index (χ2v) is 7.76. The maximum Gasteiger partial charge on any atom is 0.254 e. The summed E-state index contributed by atoms with van der Waals surface area (Å²) in [6.45, 7) is 10.2. The minimum absolute atomic E-state index is 0.0984. The van der Waals surface area contributed by atoms with Crippen LogP contribution < -0.4 is 15.1 Å². The lowest BCUT2D eigenvalue weighted by atomic mass is 10.1. The van der Waals surface area contributed by atoms with Gasteiger partial charge >= 0.3 is 0 Å². The Labute approximate surface area is 170 Å². The molecule has 0 radical (unpaired) electrons. The highest BCUT2D eigenvalue weighted by atomic mass is 16.5. The number of aliphatic carboxylic acids is 2. The number of amides is 1. The fraction of sp³-hybridized carbons (Fsp3) is 0.550. The molecule has 1 unspecified atom stereocenters. The summed E-state index contributed by atoms with van der Waals surface area (Å²) in [5.74, 6) is -4.27. The second-order valence-electron chi connectivity index (χ2n) is 7.76. The number of carbonyl (C=O) groups excluding carboxylic acids is 3. The van der Waals surface area contributed by atoms with E-state index in [2.05, 4.69) is 0 Å². The quantitative estimate of drug-likeness (QED) is 0.486. The molecule has 1 atom stereocenters. The van der Waals surface area contributed by atoms with Gasteiger partial charge in [-0.1, -0.05) is 18.2 Å². The predicted molar refractivity (Wildman–Crippen MR) is 99.6 cm³/mol. The maximum atomic E-state index is 12.4. The molecule has 1 heterocycles. The fourth-order valence-corrected chi connectivity index (χ4v) is 2.73. The lowest BCUT2D eigenvalue weighted by Crippen LogP contribution is -3.15. The molecule has 29 heavy (non-hydrogen) atoms. The summed E-state index contributed by atoms with van der Waals surface area (Å²) in [5, 5.41) is 27.9. The van der Waals surface area contributed by atoms with E-state index in [1.165, 1.54) is 4.90 Å². The van der Waals surface area contributed by atoms with Gasteiger partial charge < -0.3 is 39.4 Å². The number of aliphatic hydroxyl groups is 1. The van der Waals surface area contributed by atoms with Crippen molar-refractivity contribution in [3.63, 3.8) is 0 Å². The van der Waals surface area contributed by atoms with Gasteiger partial charge in [-0.3, -0.25) is 4.79 Å². The van der Waals surface area contributed by atoms with Crippen LogP contribution in [0.3, 0.4) is 0 Å². The number of nitrogens with one attached hydrogen (secondary N) is 1. The standard InChI is InChI=1S/C18H28N2O3.C2H2O4/c1-18(2,3)23-14-16(21)13-19-9-11-20(12-10-19)17(22)15-7-5-4-6-8-15;3-1(4)2(5)6/h4-8,16,21H,9-14H2,1-3H3;(H,3,4)(H,5,6)/p-1. The highest BCUT2D eigenvalue weighted by Gasteiger charge is 2.26. The molecule has 1 aromatic rings. The molecule has 1 saturated heterocycles. The average molecular weight is 409 g/mol. The van der Waals surface area contributed by atoms with Crippen LogP contribution in [0.1, 0.15) is 31.1 Å². The van der Waals surface area contributed by atoms with Crippen molar-refractivity contribution < 1.29 is 39.3 Å². The minimum atomic E-state index is -2.19. The van der Waals surface area contributed by atoms with Gasteiger partial charge in [-0.2, -0.15) is 0 Å². The topological polar surface area (TPSA) is 134 Å². The predicted octanol–water partition coefficient (Wildman–Crippen LogP) is -3.31. The first-order valence-corrected chi connectivity index (χ1v) is 9.42. The third-order valence-electron chi connectivity index (χ3n) is 4.18. The molecule has 1 fully saturated rings. The number of hydrogen-bond donors (Lipinski definition) is 2. The van der Waals surface area contributed by atoms with Gasteiger partial charge in [0.2, 0.25) is 0 Å². The van der Waals surface area contributed by atoms with Crippen molar-refractivity contribution in [3.8, 4) is 0 Å². The first-order chi connectivity index (χ1) is 13.5. The van der Waals surface area contributed by atoms with Crippen LogP contribution in [0, 0.1) is 0 Å². The van der Waals surface area contributed by atoms with E-state index in [-0.39, 0.29) is 11.5 Å². The van der Waals surface area contributed by atoms with E-state index in [1.807, 2.05) is 56.0 Å². The van der Waals surface area contributed by atoms with Crippen molar-refractivity contribution in [2.45, 2.75) is 32.5 Å². The lowest BCUT2D eigenvalue weighted by Gasteiger charge is -2.33. The van der Waals surface area contributed by atoms with Crippen LogP contribution in [-0.4, -0.2) is 78.9 Å². The van der Waals surface area contributed by atoms with Gasteiger partial charge in [0.15, 0.2) is 0 Å².